The summed E-state index contributed by atoms with van der Waals surface area (Å²) in [7, 11) is 0. The van der Waals surface area contributed by atoms with Crippen LogP contribution >= 0.6 is 0 Å². The quantitative estimate of drug-likeness (QED) is 0.898. The number of nitrogens with zero attached hydrogens (tertiary/aromatic N) is 1. The van der Waals surface area contributed by atoms with E-state index in [0.29, 0.717) is 12.5 Å². The minimum absolute atomic E-state index is 0.208. The van der Waals surface area contributed by atoms with Crippen molar-refractivity contribution in [3.8, 4) is 0 Å². The van der Waals surface area contributed by atoms with Crippen molar-refractivity contribution in [2.45, 2.75) is 26.4 Å². The maximum absolute atomic E-state index is 11.8. The van der Waals surface area contributed by atoms with Crippen LogP contribution in [0.3, 0.4) is 0 Å². The van der Waals surface area contributed by atoms with Gasteiger partial charge in [-0.2, -0.15) is 0 Å². The number of ether oxygens (including phenoxy) is 1. The molecule has 114 valence electrons. The largest absolute Gasteiger partial charge is 0.379 e. The van der Waals surface area contributed by atoms with Crippen molar-refractivity contribution >= 4 is 5.91 Å². The van der Waals surface area contributed by atoms with Crippen LogP contribution in [0.2, 0.25) is 0 Å². The van der Waals surface area contributed by atoms with Crippen LogP contribution in [0.15, 0.2) is 24.3 Å². The lowest BCUT2D eigenvalue weighted by atomic mass is 10.1. The minimum atomic E-state index is 0.208. The van der Waals surface area contributed by atoms with E-state index in [0.717, 1.165) is 39.3 Å². The molecule has 1 aliphatic carbocycles. The molecule has 1 N–H and O–H groups in total. The third-order valence-electron chi connectivity index (χ3n) is 4.45. The Balaban J connectivity index is 1.46. The normalized spacial score (nSPS) is 25.6. The fourth-order valence-electron chi connectivity index (χ4n) is 2.79. The highest BCUT2D eigenvalue weighted by molar-refractivity contribution is 5.81. The maximum atomic E-state index is 11.8. The first-order valence-electron chi connectivity index (χ1n) is 7.88. The van der Waals surface area contributed by atoms with Gasteiger partial charge >= 0.3 is 0 Å². The van der Waals surface area contributed by atoms with E-state index in [4.69, 9.17) is 4.74 Å². The average Bonchev–Trinajstić information content (AvgIpc) is 3.24. The Morgan fingerprint density at radius 1 is 1.24 bits per heavy atom. The van der Waals surface area contributed by atoms with Gasteiger partial charge in [0, 0.05) is 32.1 Å². The van der Waals surface area contributed by atoms with Crippen molar-refractivity contribution in [2.75, 3.05) is 26.3 Å². The molecule has 0 unspecified atom stereocenters. The second-order valence-electron chi connectivity index (χ2n) is 6.24. The molecule has 1 aliphatic heterocycles. The van der Waals surface area contributed by atoms with E-state index in [1.807, 2.05) is 0 Å². The zero-order chi connectivity index (χ0) is 14.7. The molecule has 4 nitrogen and oxygen atoms in total. The van der Waals surface area contributed by atoms with E-state index in [-0.39, 0.29) is 11.8 Å². The SMILES string of the molecule is C[C@H]1C[C@H]1C(=O)NCc1ccc(CN2CCOCC2)cc1. The fraction of sp³-hybridized carbons (Fsp3) is 0.588. The first-order chi connectivity index (χ1) is 10.2. The lowest BCUT2D eigenvalue weighted by Gasteiger charge is -2.26. The fourth-order valence-corrected chi connectivity index (χ4v) is 2.79. The molecule has 1 saturated carbocycles. The van der Waals surface area contributed by atoms with Crippen LogP contribution in [0, 0.1) is 11.8 Å². The van der Waals surface area contributed by atoms with Crippen LogP contribution in [0.1, 0.15) is 24.5 Å². The molecule has 4 heteroatoms. The lowest BCUT2D eigenvalue weighted by Crippen LogP contribution is -2.35. The van der Waals surface area contributed by atoms with E-state index < -0.39 is 0 Å². The van der Waals surface area contributed by atoms with Gasteiger partial charge in [0.15, 0.2) is 0 Å². The van der Waals surface area contributed by atoms with Gasteiger partial charge in [-0.15, -0.1) is 0 Å². The Kier molecular flexibility index (Phi) is 4.56. The van der Waals surface area contributed by atoms with Gasteiger partial charge in [-0.3, -0.25) is 9.69 Å². The van der Waals surface area contributed by atoms with Crippen molar-refractivity contribution in [3.05, 3.63) is 35.4 Å². The van der Waals surface area contributed by atoms with Gasteiger partial charge in [0.05, 0.1) is 13.2 Å². The van der Waals surface area contributed by atoms with Crippen LogP contribution in [-0.4, -0.2) is 37.1 Å². The van der Waals surface area contributed by atoms with Crippen molar-refractivity contribution in [2.24, 2.45) is 11.8 Å². The van der Waals surface area contributed by atoms with Gasteiger partial charge in [-0.1, -0.05) is 31.2 Å². The summed E-state index contributed by atoms with van der Waals surface area (Å²) in [6, 6.07) is 8.56. The number of carbonyl (C=O) groups excluding carboxylic acids is 1. The topological polar surface area (TPSA) is 41.6 Å². The zero-order valence-corrected chi connectivity index (χ0v) is 12.7. The molecule has 3 rings (SSSR count). The van der Waals surface area contributed by atoms with Crippen molar-refractivity contribution in [1.29, 1.82) is 0 Å². The number of hydrogen-bond donors (Lipinski definition) is 1. The maximum Gasteiger partial charge on any atom is 0.223 e. The highest BCUT2D eigenvalue weighted by Crippen LogP contribution is 2.37. The molecule has 1 aromatic carbocycles. The van der Waals surface area contributed by atoms with Crippen LogP contribution in [0.4, 0.5) is 0 Å². The van der Waals surface area contributed by atoms with Gasteiger partial charge in [-0.05, 0) is 23.5 Å². The zero-order valence-electron chi connectivity index (χ0n) is 12.7. The first kappa shape index (κ1) is 14.5. The Morgan fingerprint density at radius 2 is 1.86 bits per heavy atom. The number of benzene rings is 1. The number of rotatable bonds is 5. The number of carbonyl (C=O) groups is 1. The van der Waals surface area contributed by atoms with Crippen molar-refractivity contribution in [3.63, 3.8) is 0 Å². The molecule has 1 amide bonds. The van der Waals surface area contributed by atoms with Crippen LogP contribution in [0.25, 0.3) is 0 Å². The predicted molar refractivity (Wildman–Crippen MR) is 81.7 cm³/mol. The molecule has 2 atom stereocenters. The standard InChI is InChI=1S/C17H24N2O2/c1-13-10-16(13)17(20)18-11-14-2-4-15(5-3-14)12-19-6-8-21-9-7-19/h2-5,13,16H,6-12H2,1H3,(H,18,20)/t13-,16+/m0/s1. The minimum Gasteiger partial charge on any atom is -0.379 e. The molecule has 1 saturated heterocycles. The monoisotopic (exact) mass is 288 g/mol. The molecule has 0 spiro atoms. The molecular weight excluding hydrogens is 264 g/mol. The Bertz CT molecular complexity index is 480. The molecular formula is C17H24N2O2. The summed E-state index contributed by atoms with van der Waals surface area (Å²) in [6.45, 7) is 7.45. The number of nitrogens with one attached hydrogen (secondary N) is 1. The second kappa shape index (κ2) is 6.58. The average molecular weight is 288 g/mol. The van der Waals surface area contributed by atoms with Gasteiger partial charge < -0.3 is 10.1 Å². The van der Waals surface area contributed by atoms with Crippen LogP contribution in [0.5, 0.6) is 0 Å². The predicted octanol–water partition coefficient (Wildman–Crippen LogP) is 1.79. The Hall–Kier alpha value is -1.39. The summed E-state index contributed by atoms with van der Waals surface area (Å²) in [5.74, 6) is 1.03. The van der Waals surface area contributed by atoms with E-state index in [1.165, 1.54) is 11.1 Å². The summed E-state index contributed by atoms with van der Waals surface area (Å²) in [4.78, 5) is 14.2. The molecule has 2 aliphatic rings. The van der Waals surface area contributed by atoms with E-state index in [2.05, 4.69) is 41.4 Å². The van der Waals surface area contributed by atoms with E-state index >= 15 is 0 Å². The first-order valence-corrected chi connectivity index (χ1v) is 7.88. The molecule has 0 radical (unpaired) electrons. The van der Waals surface area contributed by atoms with Crippen molar-refractivity contribution < 1.29 is 9.53 Å². The molecule has 1 heterocycles. The van der Waals surface area contributed by atoms with E-state index in [1.54, 1.807) is 0 Å². The number of morpholine rings is 1. The van der Waals surface area contributed by atoms with Gasteiger partial charge in [0.2, 0.25) is 5.91 Å². The van der Waals surface area contributed by atoms with Gasteiger partial charge in [-0.25, -0.2) is 0 Å². The Labute approximate surface area is 126 Å². The summed E-state index contributed by atoms with van der Waals surface area (Å²) in [5.41, 5.74) is 2.49. The summed E-state index contributed by atoms with van der Waals surface area (Å²) in [5, 5.41) is 3.03. The van der Waals surface area contributed by atoms with Crippen molar-refractivity contribution in [1.82, 2.24) is 10.2 Å². The molecule has 0 bridgehead atoms. The lowest BCUT2D eigenvalue weighted by molar-refractivity contribution is -0.122. The summed E-state index contributed by atoms with van der Waals surface area (Å²) >= 11 is 0. The number of amides is 1. The van der Waals surface area contributed by atoms with E-state index in [9.17, 15) is 4.79 Å². The molecule has 1 aromatic rings. The molecule has 0 aromatic heterocycles. The number of hydrogen-bond acceptors (Lipinski definition) is 3. The van der Waals surface area contributed by atoms with Crippen LogP contribution < -0.4 is 5.32 Å². The van der Waals surface area contributed by atoms with Gasteiger partial charge in [0.1, 0.15) is 0 Å². The summed E-state index contributed by atoms with van der Waals surface area (Å²) in [6.07, 6.45) is 1.05. The highest BCUT2D eigenvalue weighted by Gasteiger charge is 2.38. The summed E-state index contributed by atoms with van der Waals surface area (Å²) < 4.78 is 5.36. The third-order valence-corrected chi connectivity index (χ3v) is 4.45. The molecule has 21 heavy (non-hydrogen) atoms. The molecule has 2 fully saturated rings. The highest BCUT2D eigenvalue weighted by atomic mass is 16.5. The smallest absolute Gasteiger partial charge is 0.223 e. The second-order valence-corrected chi connectivity index (χ2v) is 6.24. The van der Waals surface area contributed by atoms with Gasteiger partial charge in [0.25, 0.3) is 0 Å². The third kappa shape index (κ3) is 4.05. The van der Waals surface area contributed by atoms with Crippen LogP contribution in [-0.2, 0) is 22.6 Å². The Morgan fingerprint density at radius 3 is 2.48 bits per heavy atom.